The number of rotatable bonds is 6. The maximum absolute atomic E-state index is 10.8. The van der Waals surface area contributed by atoms with Crippen LogP contribution in [0.25, 0.3) is 0 Å². The summed E-state index contributed by atoms with van der Waals surface area (Å²) in [5.74, 6) is 0.722. The highest BCUT2D eigenvalue weighted by atomic mass is 32.2. The lowest BCUT2D eigenvalue weighted by Gasteiger charge is -2.07. The van der Waals surface area contributed by atoms with Crippen molar-refractivity contribution >= 4 is 34.1 Å². The second-order valence-corrected chi connectivity index (χ2v) is 5.74. The van der Waals surface area contributed by atoms with Crippen LogP contribution in [0.3, 0.4) is 0 Å². The molecule has 1 rings (SSSR count). The Morgan fingerprint density at radius 1 is 1.75 bits per heavy atom. The number of anilines is 1. The van der Waals surface area contributed by atoms with Crippen molar-refractivity contribution in [1.29, 1.82) is 0 Å². The van der Waals surface area contributed by atoms with Gasteiger partial charge >= 0.3 is 0 Å². The van der Waals surface area contributed by atoms with E-state index in [2.05, 4.69) is 17.2 Å². The first kappa shape index (κ1) is 13.5. The number of carbonyl (C=O) groups excluding carboxylic acids is 1. The molecule has 16 heavy (non-hydrogen) atoms. The molecule has 1 heterocycles. The van der Waals surface area contributed by atoms with E-state index in [1.807, 2.05) is 5.38 Å². The number of thiazole rings is 1. The van der Waals surface area contributed by atoms with Gasteiger partial charge in [-0.15, -0.1) is 11.3 Å². The maximum atomic E-state index is 10.8. The second kappa shape index (κ2) is 6.88. The average molecular weight is 260 g/mol. The van der Waals surface area contributed by atoms with Gasteiger partial charge in [-0.2, -0.15) is 11.8 Å². The van der Waals surface area contributed by atoms with E-state index >= 15 is 0 Å². The van der Waals surface area contributed by atoms with Crippen LogP contribution in [0.5, 0.6) is 0 Å². The summed E-state index contributed by atoms with van der Waals surface area (Å²) >= 11 is 3.19. The predicted octanol–water partition coefficient (Wildman–Crippen LogP) is 2.11. The van der Waals surface area contributed by atoms with Crippen molar-refractivity contribution in [2.75, 3.05) is 11.9 Å². The lowest BCUT2D eigenvalue weighted by Crippen LogP contribution is -2.05. The zero-order valence-electron chi connectivity index (χ0n) is 9.40. The molecule has 0 aliphatic carbocycles. The predicted molar refractivity (Wildman–Crippen MR) is 68.9 cm³/mol. The molecule has 1 aromatic heterocycles. The Kier molecular flexibility index (Phi) is 5.79. The Labute approximate surface area is 103 Å². The minimum Gasteiger partial charge on any atom is -0.396 e. The second-order valence-electron chi connectivity index (χ2n) is 3.46. The third-order valence-corrected chi connectivity index (χ3v) is 3.96. The third-order valence-electron chi connectivity index (χ3n) is 1.89. The normalized spacial score (nSPS) is 12.4. The smallest absolute Gasteiger partial charge is 0.223 e. The Morgan fingerprint density at radius 2 is 2.50 bits per heavy atom. The van der Waals surface area contributed by atoms with Gasteiger partial charge in [0, 0.05) is 29.9 Å². The summed E-state index contributed by atoms with van der Waals surface area (Å²) in [5.41, 5.74) is 0.975. The van der Waals surface area contributed by atoms with E-state index in [-0.39, 0.29) is 12.5 Å². The van der Waals surface area contributed by atoms with Crippen LogP contribution in [-0.2, 0) is 10.5 Å². The highest BCUT2D eigenvalue weighted by Crippen LogP contribution is 2.23. The fraction of sp³-hybridized carbons (Fsp3) is 0.600. The van der Waals surface area contributed by atoms with Crippen molar-refractivity contribution in [2.45, 2.75) is 31.3 Å². The average Bonchev–Trinajstić information content (AvgIpc) is 2.62. The summed E-state index contributed by atoms with van der Waals surface area (Å²) < 4.78 is 0. The fourth-order valence-electron chi connectivity index (χ4n) is 1.07. The van der Waals surface area contributed by atoms with Gasteiger partial charge in [0.2, 0.25) is 5.91 Å². The largest absolute Gasteiger partial charge is 0.396 e. The number of nitrogens with one attached hydrogen (secondary N) is 1. The van der Waals surface area contributed by atoms with E-state index in [1.165, 1.54) is 18.3 Å². The van der Waals surface area contributed by atoms with Gasteiger partial charge in [-0.25, -0.2) is 4.98 Å². The van der Waals surface area contributed by atoms with E-state index in [0.29, 0.717) is 10.4 Å². The minimum absolute atomic E-state index is 0.0952. The molecular formula is C10H16N2O2S2. The molecule has 0 spiro atoms. The molecule has 4 nitrogen and oxygen atoms in total. The van der Waals surface area contributed by atoms with Crippen molar-refractivity contribution in [3.8, 4) is 0 Å². The van der Waals surface area contributed by atoms with Crippen LogP contribution in [0.2, 0.25) is 0 Å². The fourth-order valence-corrected chi connectivity index (χ4v) is 2.81. The first-order chi connectivity index (χ1) is 7.61. The summed E-state index contributed by atoms with van der Waals surface area (Å²) in [6.07, 6.45) is 0.799. The number of aliphatic hydroxyl groups is 1. The number of aromatic nitrogens is 1. The number of hydrogen-bond donors (Lipinski definition) is 2. The van der Waals surface area contributed by atoms with Crippen molar-refractivity contribution in [2.24, 2.45) is 0 Å². The Hall–Kier alpha value is -0.590. The van der Waals surface area contributed by atoms with Gasteiger partial charge in [0.1, 0.15) is 0 Å². The number of amides is 1. The standard InChI is InChI=1S/C10H16N2O2S2/c1-7(3-4-13)15-5-9-6-16-10(12-9)11-8(2)14/h6-7,13H,3-5H2,1-2H3,(H,11,12,14). The molecule has 6 heteroatoms. The molecule has 0 saturated heterocycles. The summed E-state index contributed by atoms with van der Waals surface area (Å²) in [5, 5.41) is 14.4. The molecule has 0 aromatic carbocycles. The van der Waals surface area contributed by atoms with Gasteiger partial charge in [0.05, 0.1) is 5.69 Å². The van der Waals surface area contributed by atoms with E-state index in [4.69, 9.17) is 5.11 Å². The molecule has 1 atom stereocenters. The first-order valence-electron chi connectivity index (χ1n) is 5.06. The lowest BCUT2D eigenvalue weighted by atomic mass is 10.3. The molecule has 0 fully saturated rings. The first-order valence-corrected chi connectivity index (χ1v) is 6.99. The Bertz CT molecular complexity index is 341. The van der Waals surface area contributed by atoms with E-state index < -0.39 is 0 Å². The summed E-state index contributed by atoms with van der Waals surface area (Å²) in [7, 11) is 0. The SMILES string of the molecule is CC(=O)Nc1nc(CSC(C)CCO)cs1. The van der Waals surface area contributed by atoms with Crippen LogP contribution in [-0.4, -0.2) is 27.9 Å². The van der Waals surface area contributed by atoms with Gasteiger partial charge in [0.25, 0.3) is 0 Å². The van der Waals surface area contributed by atoms with Crippen molar-refractivity contribution < 1.29 is 9.90 Å². The quantitative estimate of drug-likeness (QED) is 0.822. The molecule has 2 N–H and O–H groups in total. The van der Waals surface area contributed by atoms with Crippen LogP contribution in [0.15, 0.2) is 5.38 Å². The van der Waals surface area contributed by atoms with Gasteiger partial charge in [0.15, 0.2) is 5.13 Å². The van der Waals surface area contributed by atoms with Crippen molar-refractivity contribution in [1.82, 2.24) is 4.98 Å². The van der Waals surface area contributed by atoms with Crippen LogP contribution in [0, 0.1) is 0 Å². The number of nitrogens with zero attached hydrogens (tertiary/aromatic N) is 1. The lowest BCUT2D eigenvalue weighted by molar-refractivity contribution is -0.114. The van der Waals surface area contributed by atoms with Crippen molar-refractivity contribution in [3.63, 3.8) is 0 Å². The molecule has 1 unspecified atom stereocenters. The van der Waals surface area contributed by atoms with Crippen LogP contribution in [0.1, 0.15) is 26.0 Å². The topological polar surface area (TPSA) is 62.2 Å². The number of thioether (sulfide) groups is 1. The summed E-state index contributed by atoms with van der Waals surface area (Å²) in [6, 6.07) is 0. The van der Waals surface area contributed by atoms with Crippen molar-refractivity contribution in [3.05, 3.63) is 11.1 Å². The molecule has 0 bridgehead atoms. The van der Waals surface area contributed by atoms with Crippen LogP contribution < -0.4 is 5.32 Å². The Morgan fingerprint density at radius 3 is 3.12 bits per heavy atom. The molecule has 0 aliphatic rings. The summed E-state index contributed by atoms with van der Waals surface area (Å²) in [6.45, 7) is 3.78. The van der Waals surface area contributed by atoms with E-state index in [9.17, 15) is 4.79 Å². The molecule has 0 aliphatic heterocycles. The molecule has 0 radical (unpaired) electrons. The molecule has 1 aromatic rings. The summed E-state index contributed by atoms with van der Waals surface area (Å²) in [4.78, 5) is 15.1. The van der Waals surface area contributed by atoms with Gasteiger partial charge < -0.3 is 10.4 Å². The highest BCUT2D eigenvalue weighted by molar-refractivity contribution is 7.99. The monoisotopic (exact) mass is 260 g/mol. The third kappa shape index (κ3) is 4.96. The molecule has 90 valence electrons. The van der Waals surface area contributed by atoms with Crippen LogP contribution in [0.4, 0.5) is 5.13 Å². The van der Waals surface area contributed by atoms with Gasteiger partial charge in [-0.1, -0.05) is 6.92 Å². The number of carbonyl (C=O) groups is 1. The Balaban J connectivity index is 2.37. The van der Waals surface area contributed by atoms with E-state index in [0.717, 1.165) is 17.9 Å². The molecule has 1 amide bonds. The molecular weight excluding hydrogens is 244 g/mol. The van der Waals surface area contributed by atoms with Gasteiger partial charge in [-0.05, 0) is 6.42 Å². The zero-order valence-corrected chi connectivity index (χ0v) is 11.0. The zero-order chi connectivity index (χ0) is 12.0. The highest BCUT2D eigenvalue weighted by Gasteiger charge is 2.06. The maximum Gasteiger partial charge on any atom is 0.223 e. The number of hydrogen-bond acceptors (Lipinski definition) is 5. The number of aliphatic hydroxyl groups excluding tert-OH is 1. The molecule has 0 saturated carbocycles. The van der Waals surface area contributed by atoms with E-state index in [1.54, 1.807) is 11.8 Å². The minimum atomic E-state index is -0.0952. The van der Waals surface area contributed by atoms with Gasteiger partial charge in [-0.3, -0.25) is 4.79 Å². The van der Waals surface area contributed by atoms with Crippen LogP contribution >= 0.6 is 23.1 Å².